The van der Waals surface area contributed by atoms with E-state index in [1.165, 1.54) is 0 Å². The number of carbonyl (C=O) groups excluding carboxylic acids is 1. The Morgan fingerprint density at radius 3 is 2.33 bits per heavy atom. The van der Waals surface area contributed by atoms with Gasteiger partial charge < -0.3 is 10.1 Å². The van der Waals surface area contributed by atoms with E-state index >= 15 is 0 Å². The Labute approximate surface area is 141 Å². The number of benzene rings is 2. The first-order valence-corrected chi connectivity index (χ1v) is 8.03. The van der Waals surface area contributed by atoms with Crippen LogP contribution in [0.2, 0.25) is 0 Å². The third kappa shape index (κ3) is 4.58. The van der Waals surface area contributed by atoms with Crippen LogP contribution in [0, 0.1) is 6.92 Å². The molecule has 3 nitrogen and oxygen atoms in total. The molecule has 0 aromatic heterocycles. The molecular formula is C16H15Br2NO2. The van der Waals surface area contributed by atoms with Gasteiger partial charge >= 0.3 is 0 Å². The van der Waals surface area contributed by atoms with Crippen LogP contribution in [0.1, 0.15) is 12.5 Å². The van der Waals surface area contributed by atoms with Gasteiger partial charge in [-0.1, -0.05) is 31.9 Å². The van der Waals surface area contributed by atoms with E-state index in [1.54, 1.807) is 6.92 Å². The van der Waals surface area contributed by atoms with Gasteiger partial charge in [0.1, 0.15) is 5.75 Å². The lowest BCUT2D eigenvalue weighted by Crippen LogP contribution is -2.30. The summed E-state index contributed by atoms with van der Waals surface area (Å²) < 4.78 is 7.58. The molecular weight excluding hydrogens is 398 g/mol. The van der Waals surface area contributed by atoms with Gasteiger partial charge in [-0.2, -0.15) is 0 Å². The molecule has 0 spiro atoms. The zero-order chi connectivity index (χ0) is 15.4. The summed E-state index contributed by atoms with van der Waals surface area (Å²) in [6, 6.07) is 13.1. The Morgan fingerprint density at radius 1 is 1.10 bits per heavy atom. The zero-order valence-corrected chi connectivity index (χ0v) is 14.9. The number of amides is 1. The molecule has 0 aliphatic heterocycles. The number of hydrogen-bond donors (Lipinski definition) is 1. The smallest absolute Gasteiger partial charge is 0.265 e. The molecule has 1 amide bonds. The van der Waals surface area contributed by atoms with E-state index < -0.39 is 6.10 Å². The minimum absolute atomic E-state index is 0.177. The van der Waals surface area contributed by atoms with Gasteiger partial charge in [-0.05, 0) is 61.9 Å². The standard InChI is InChI=1S/C16H15Br2NO2/c1-10-9-13(18)5-8-15(10)19-16(20)11(2)21-14-6-3-12(17)4-7-14/h3-9,11H,1-2H3,(H,19,20). The van der Waals surface area contributed by atoms with E-state index in [4.69, 9.17) is 4.74 Å². The number of rotatable bonds is 4. The lowest BCUT2D eigenvalue weighted by atomic mass is 10.2. The number of halogens is 2. The molecule has 0 radical (unpaired) electrons. The van der Waals surface area contributed by atoms with Crippen LogP contribution >= 0.6 is 31.9 Å². The molecule has 1 atom stereocenters. The van der Waals surface area contributed by atoms with Gasteiger partial charge in [-0.3, -0.25) is 4.79 Å². The third-order valence-corrected chi connectivity index (χ3v) is 3.96. The van der Waals surface area contributed by atoms with Crippen LogP contribution in [-0.4, -0.2) is 12.0 Å². The highest BCUT2D eigenvalue weighted by atomic mass is 79.9. The molecule has 1 unspecified atom stereocenters. The summed E-state index contributed by atoms with van der Waals surface area (Å²) >= 11 is 6.76. The van der Waals surface area contributed by atoms with Crippen molar-refractivity contribution in [3.05, 3.63) is 57.0 Å². The van der Waals surface area contributed by atoms with Crippen LogP contribution < -0.4 is 10.1 Å². The number of nitrogens with one attached hydrogen (secondary N) is 1. The van der Waals surface area contributed by atoms with Crippen molar-refractivity contribution in [2.24, 2.45) is 0 Å². The highest BCUT2D eigenvalue weighted by Gasteiger charge is 2.15. The molecule has 0 aliphatic rings. The third-order valence-electron chi connectivity index (χ3n) is 2.94. The molecule has 2 aromatic rings. The molecule has 0 heterocycles. The Balaban J connectivity index is 2.00. The average Bonchev–Trinajstić information content (AvgIpc) is 2.44. The van der Waals surface area contributed by atoms with Gasteiger partial charge in [0.25, 0.3) is 5.91 Å². The molecule has 0 saturated carbocycles. The Bertz CT molecular complexity index is 641. The normalized spacial score (nSPS) is 11.8. The van der Waals surface area contributed by atoms with E-state index in [0.29, 0.717) is 5.75 Å². The van der Waals surface area contributed by atoms with Gasteiger partial charge in [0.05, 0.1) is 0 Å². The highest BCUT2D eigenvalue weighted by Crippen LogP contribution is 2.21. The molecule has 110 valence electrons. The summed E-state index contributed by atoms with van der Waals surface area (Å²) in [4.78, 5) is 12.2. The predicted octanol–water partition coefficient (Wildman–Crippen LogP) is 4.93. The Hall–Kier alpha value is -1.33. The summed E-state index contributed by atoms with van der Waals surface area (Å²) in [6.45, 7) is 3.67. The van der Waals surface area contributed by atoms with Gasteiger partial charge in [-0.25, -0.2) is 0 Å². The fourth-order valence-electron chi connectivity index (χ4n) is 1.77. The second kappa shape index (κ2) is 7.09. The number of ether oxygens (including phenoxy) is 1. The van der Waals surface area contributed by atoms with Crippen molar-refractivity contribution in [2.75, 3.05) is 5.32 Å². The van der Waals surface area contributed by atoms with Gasteiger partial charge in [0, 0.05) is 14.6 Å². The Kier molecular flexibility index (Phi) is 5.42. The lowest BCUT2D eigenvalue weighted by molar-refractivity contribution is -0.122. The largest absolute Gasteiger partial charge is 0.481 e. The van der Waals surface area contributed by atoms with Crippen molar-refractivity contribution in [1.29, 1.82) is 0 Å². The summed E-state index contributed by atoms with van der Waals surface area (Å²) in [6.07, 6.45) is -0.575. The van der Waals surface area contributed by atoms with E-state index in [9.17, 15) is 4.79 Å². The van der Waals surface area contributed by atoms with Gasteiger partial charge in [-0.15, -0.1) is 0 Å². The molecule has 2 rings (SSSR count). The second-order valence-corrected chi connectivity index (χ2v) is 6.49. The number of hydrogen-bond acceptors (Lipinski definition) is 2. The second-order valence-electron chi connectivity index (χ2n) is 4.66. The average molecular weight is 413 g/mol. The maximum Gasteiger partial charge on any atom is 0.265 e. The lowest BCUT2D eigenvalue weighted by Gasteiger charge is -2.16. The first-order valence-electron chi connectivity index (χ1n) is 6.45. The summed E-state index contributed by atoms with van der Waals surface area (Å²) in [5, 5.41) is 2.87. The quantitative estimate of drug-likeness (QED) is 0.773. The van der Waals surface area contributed by atoms with Crippen molar-refractivity contribution in [3.63, 3.8) is 0 Å². The maximum absolute atomic E-state index is 12.2. The first-order chi connectivity index (χ1) is 9.95. The molecule has 0 fully saturated rings. The fourth-order valence-corrected chi connectivity index (χ4v) is 2.51. The van der Waals surface area contributed by atoms with Crippen molar-refractivity contribution in [1.82, 2.24) is 0 Å². The van der Waals surface area contributed by atoms with E-state index in [2.05, 4.69) is 37.2 Å². The van der Waals surface area contributed by atoms with Crippen LogP contribution in [0.5, 0.6) is 5.75 Å². The minimum Gasteiger partial charge on any atom is -0.481 e. The number of anilines is 1. The molecule has 0 saturated heterocycles. The molecule has 21 heavy (non-hydrogen) atoms. The molecule has 1 N–H and O–H groups in total. The molecule has 2 aromatic carbocycles. The van der Waals surface area contributed by atoms with Crippen LogP contribution in [0.25, 0.3) is 0 Å². The van der Waals surface area contributed by atoms with Crippen molar-refractivity contribution in [3.8, 4) is 5.75 Å². The van der Waals surface area contributed by atoms with E-state index in [0.717, 1.165) is 20.2 Å². The maximum atomic E-state index is 12.2. The van der Waals surface area contributed by atoms with Crippen LogP contribution in [0.4, 0.5) is 5.69 Å². The summed E-state index contributed by atoms with van der Waals surface area (Å²) in [7, 11) is 0. The number of aryl methyl sites for hydroxylation is 1. The molecule has 5 heteroatoms. The van der Waals surface area contributed by atoms with E-state index in [1.807, 2.05) is 49.4 Å². The van der Waals surface area contributed by atoms with Crippen LogP contribution in [-0.2, 0) is 4.79 Å². The summed E-state index contributed by atoms with van der Waals surface area (Å²) in [5.41, 5.74) is 1.78. The topological polar surface area (TPSA) is 38.3 Å². The predicted molar refractivity (Wildman–Crippen MR) is 91.7 cm³/mol. The summed E-state index contributed by atoms with van der Waals surface area (Å²) in [5.74, 6) is 0.483. The first kappa shape index (κ1) is 16.0. The van der Waals surface area contributed by atoms with Crippen molar-refractivity contribution in [2.45, 2.75) is 20.0 Å². The van der Waals surface area contributed by atoms with Crippen molar-refractivity contribution < 1.29 is 9.53 Å². The van der Waals surface area contributed by atoms with Gasteiger partial charge in [0.2, 0.25) is 0 Å². The fraction of sp³-hybridized carbons (Fsp3) is 0.188. The van der Waals surface area contributed by atoms with Gasteiger partial charge in [0.15, 0.2) is 6.10 Å². The zero-order valence-electron chi connectivity index (χ0n) is 11.7. The Morgan fingerprint density at radius 2 is 1.71 bits per heavy atom. The monoisotopic (exact) mass is 411 g/mol. The molecule has 0 aliphatic carbocycles. The van der Waals surface area contributed by atoms with Crippen LogP contribution in [0.3, 0.4) is 0 Å². The minimum atomic E-state index is -0.575. The molecule has 0 bridgehead atoms. The van der Waals surface area contributed by atoms with Crippen LogP contribution in [0.15, 0.2) is 51.4 Å². The number of carbonyl (C=O) groups is 1. The van der Waals surface area contributed by atoms with E-state index in [-0.39, 0.29) is 5.91 Å². The van der Waals surface area contributed by atoms with Crippen molar-refractivity contribution >= 4 is 43.5 Å². The SMILES string of the molecule is Cc1cc(Br)ccc1NC(=O)C(C)Oc1ccc(Br)cc1. The highest BCUT2D eigenvalue weighted by molar-refractivity contribution is 9.10.